The number of ether oxygens (including phenoxy) is 1. The highest BCUT2D eigenvalue weighted by atomic mass is 16.5. The summed E-state index contributed by atoms with van der Waals surface area (Å²) in [6, 6.07) is 7.56. The van der Waals surface area contributed by atoms with Crippen LogP contribution in [0.4, 0.5) is 0 Å². The van der Waals surface area contributed by atoms with Gasteiger partial charge in [0.15, 0.2) is 0 Å². The minimum absolute atomic E-state index is 0.0341. The Morgan fingerprint density at radius 2 is 1.86 bits per heavy atom. The lowest BCUT2D eigenvalue weighted by atomic mass is 9.90. The van der Waals surface area contributed by atoms with Crippen molar-refractivity contribution in [2.75, 3.05) is 20.2 Å². The molecule has 2 unspecified atom stereocenters. The van der Waals surface area contributed by atoms with Gasteiger partial charge in [0.25, 0.3) is 0 Å². The lowest BCUT2D eigenvalue weighted by Crippen LogP contribution is -2.44. The minimum Gasteiger partial charge on any atom is -0.497 e. The first-order chi connectivity index (χ1) is 13.5. The molecule has 1 N–H and O–H groups in total. The fraction of sp³-hybridized carbons (Fsp3) is 0.571. The summed E-state index contributed by atoms with van der Waals surface area (Å²) in [5.41, 5.74) is 0.927. The number of amides is 2. The normalized spacial score (nSPS) is 25.8. The molecule has 1 aromatic carbocycles. The molecule has 2 amide bonds. The number of piperidine rings is 1. The van der Waals surface area contributed by atoms with E-state index < -0.39 is 11.9 Å². The van der Waals surface area contributed by atoms with Crippen molar-refractivity contribution in [1.82, 2.24) is 9.80 Å². The van der Waals surface area contributed by atoms with Gasteiger partial charge in [-0.15, -0.1) is 0 Å². The molecule has 2 aliphatic heterocycles. The van der Waals surface area contributed by atoms with E-state index in [9.17, 15) is 19.5 Å². The molecule has 0 aromatic heterocycles. The fourth-order valence-corrected chi connectivity index (χ4v) is 4.56. The Labute approximate surface area is 164 Å². The van der Waals surface area contributed by atoms with E-state index in [2.05, 4.69) is 0 Å². The second-order valence-corrected chi connectivity index (χ2v) is 8.00. The third-order valence-electron chi connectivity index (χ3n) is 6.21. The summed E-state index contributed by atoms with van der Waals surface area (Å²) in [6.45, 7) is 0.878. The fourth-order valence-electron chi connectivity index (χ4n) is 4.56. The monoisotopic (exact) mass is 386 g/mol. The number of hydrogen-bond acceptors (Lipinski definition) is 4. The van der Waals surface area contributed by atoms with Crippen LogP contribution in [0.5, 0.6) is 5.75 Å². The van der Waals surface area contributed by atoms with Crippen LogP contribution < -0.4 is 4.74 Å². The second-order valence-electron chi connectivity index (χ2n) is 8.00. The standard InChI is InChI=1S/C21H26N2O5/c1-28-16-4-2-3-14(11-16)19-17(12-18(24)23(19)15-5-6-15)20(25)22-9-7-13(8-10-22)21(26)27/h2-4,11,13,15,17,19H,5-10,12H2,1H3,(H,26,27). The molecule has 1 aromatic rings. The molecular weight excluding hydrogens is 360 g/mol. The molecule has 2 atom stereocenters. The molecule has 1 aliphatic carbocycles. The molecule has 0 spiro atoms. The highest BCUT2D eigenvalue weighted by Gasteiger charge is 2.50. The SMILES string of the molecule is COc1cccc(C2C(C(=O)N3CCC(C(=O)O)CC3)CC(=O)N2C2CC2)c1. The first kappa shape index (κ1) is 18.8. The average molecular weight is 386 g/mol. The molecule has 7 heteroatoms. The van der Waals surface area contributed by atoms with Crippen molar-refractivity contribution in [1.29, 1.82) is 0 Å². The number of carbonyl (C=O) groups is 3. The number of nitrogens with zero attached hydrogens (tertiary/aromatic N) is 2. The van der Waals surface area contributed by atoms with E-state index in [1.165, 1.54) is 0 Å². The molecule has 0 radical (unpaired) electrons. The van der Waals surface area contributed by atoms with Crippen LogP contribution in [0.15, 0.2) is 24.3 Å². The van der Waals surface area contributed by atoms with Crippen LogP contribution in [0.25, 0.3) is 0 Å². The Hall–Kier alpha value is -2.57. The summed E-state index contributed by atoms with van der Waals surface area (Å²) in [5, 5.41) is 9.19. The van der Waals surface area contributed by atoms with Crippen molar-refractivity contribution < 1.29 is 24.2 Å². The third kappa shape index (κ3) is 3.45. The van der Waals surface area contributed by atoms with Crippen molar-refractivity contribution in [3.63, 3.8) is 0 Å². The van der Waals surface area contributed by atoms with Gasteiger partial charge < -0.3 is 19.6 Å². The van der Waals surface area contributed by atoms with E-state index in [-0.39, 0.29) is 36.2 Å². The maximum absolute atomic E-state index is 13.3. The summed E-state index contributed by atoms with van der Waals surface area (Å²) in [5.74, 6) is -0.895. The zero-order valence-corrected chi connectivity index (χ0v) is 16.0. The van der Waals surface area contributed by atoms with E-state index in [1.54, 1.807) is 12.0 Å². The van der Waals surface area contributed by atoms with Gasteiger partial charge in [-0.25, -0.2) is 0 Å². The Bertz CT molecular complexity index is 783. The van der Waals surface area contributed by atoms with E-state index >= 15 is 0 Å². The number of likely N-dealkylation sites (tertiary alicyclic amines) is 2. The van der Waals surface area contributed by atoms with E-state index in [0.29, 0.717) is 31.7 Å². The minimum atomic E-state index is -0.794. The number of aliphatic carboxylic acids is 1. The molecule has 2 heterocycles. The predicted molar refractivity (Wildman–Crippen MR) is 101 cm³/mol. The van der Waals surface area contributed by atoms with Crippen LogP contribution in [0.1, 0.15) is 43.7 Å². The van der Waals surface area contributed by atoms with Gasteiger partial charge in [0, 0.05) is 25.6 Å². The average Bonchev–Trinajstić information content (AvgIpc) is 3.49. The van der Waals surface area contributed by atoms with Gasteiger partial charge in [0.2, 0.25) is 11.8 Å². The van der Waals surface area contributed by atoms with Crippen LogP contribution in [0.3, 0.4) is 0 Å². The molecule has 1 saturated carbocycles. The molecule has 0 bridgehead atoms. The number of carboxylic acid groups (broad SMARTS) is 1. The Kier molecular flexibility index (Phi) is 5.00. The third-order valence-corrected chi connectivity index (χ3v) is 6.21. The van der Waals surface area contributed by atoms with Crippen molar-refractivity contribution in [3.8, 4) is 5.75 Å². The van der Waals surface area contributed by atoms with Crippen LogP contribution in [-0.2, 0) is 14.4 Å². The molecule has 150 valence electrons. The van der Waals surface area contributed by atoms with Gasteiger partial charge in [-0.3, -0.25) is 14.4 Å². The van der Waals surface area contributed by atoms with Gasteiger partial charge >= 0.3 is 5.97 Å². The van der Waals surface area contributed by atoms with E-state index in [0.717, 1.165) is 18.4 Å². The van der Waals surface area contributed by atoms with Gasteiger partial charge in [-0.2, -0.15) is 0 Å². The lowest BCUT2D eigenvalue weighted by molar-refractivity contribution is -0.147. The quantitative estimate of drug-likeness (QED) is 0.837. The molecule has 28 heavy (non-hydrogen) atoms. The first-order valence-electron chi connectivity index (χ1n) is 9.96. The zero-order chi connectivity index (χ0) is 19.8. The van der Waals surface area contributed by atoms with E-state index in [1.807, 2.05) is 29.2 Å². The highest BCUT2D eigenvalue weighted by molar-refractivity contribution is 5.91. The number of rotatable bonds is 5. The van der Waals surface area contributed by atoms with Crippen molar-refractivity contribution >= 4 is 17.8 Å². The molecule has 2 saturated heterocycles. The number of benzene rings is 1. The maximum atomic E-state index is 13.3. The van der Waals surface area contributed by atoms with Crippen LogP contribution >= 0.6 is 0 Å². The van der Waals surface area contributed by atoms with Crippen LogP contribution in [-0.4, -0.2) is 58.9 Å². The van der Waals surface area contributed by atoms with Crippen molar-refractivity contribution in [3.05, 3.63) is 29.8 Å². The molecule has 3 aliphatic rings. The Balaban J connectivity index is 1.58. The van der Waals surface area contributed by atoms with Gasteiger partial charge in [0.1, 0.15) is 5.75 Å². The molecule has 3 fully saturated rings. The number of carbonyl (C=O) groups excluding carboxylic acids is 2. The van der Waals surface area contributed by atoms with Crippen molar-refractivity contribution in [2.45, 2.75) is 44.2 Å². The highest BCUT2D eigenvalue weighted by Crippen LogP contribution is 2.46. The largest absolute Gasteiger partial charge is 0.497 e. The van der Waals surface area contributed by atoms with Crippen LogP contribution in [0, 0.1) is 11.8 Å². The summed E-state index contributed by atoms with van der Waals surface area (Å²) in [6.07, 6.45) is 3.13. The number of carboxylic acids is 1. The zero-order valence-electron chi connectivity index (χ0n) is 16.0. The predicted octanol–water partition coefficient (Wildman–Crippen LogP) is 2.07. The molecular formula is C21H26N2O5. The molecule has 4 rings (SSSR count). The molecule has 7 nitrogen and oxygen atoms in total. The lowest BCUT2D eigenvalue weighted by Gasteiger charge is -2.34. The Morgan fingerprint density at radius 1 is 1.14 bits per heavy atom. The van der Waals surface area contributed by atoms with Gasteiger partial charge in [-0.05, 0) is 43.4 Å². The van der Waals surface area contributed by atoms with Gasteiger partial charge in [0.05, 0.1) is 25.0 Å². The van der Waals surface area contributed by atoms with E-state index in [4.69, 9.17) is 4.74 Å². The number of hydrogen-bond donors (Lipinski definition) is 1. The summed E-state index contributed by atoms with van der Waals surface area (Å²) in [7, 11) is 1.60. The topological polar surface area (TPSA) is 87.1 Å². The first-order valence-corrected chi connectivity index (χ1v) is 9.96. The summed E-state index contributed by atoms with van der Waals surface area (Å²) >= 11 is 0. The Morgan fingerprint density at radius 3 is 2.46 bits per heavy atom. The smallest absolute Gasteiger partial charge is 0.306 e. The maximum Gasteiger partial charge on any atom is 0.306 e. The summed E-state index contributed by atoms with van der Waals surface area (Å²) < 4.78 is 5.34. The van der Waals surface area contributed by atoms with Crippen LogP contribution in [0.2, 0.25) is 0 Å². The second kappa shape index (κ2) is 7.45. The van der Waals surface area contributed by atoms with Gasteiger partial charge in [-0.1, -0.05) is 12.1 Å². The summed E-state index contributed by atoms with van der Waals surface area (Å²) in [4.78, 5) is 40.9. The van der Waals surface area contributed by atoms with Crippen molar-refractivity contribution in [2.24, 2.45) is 11.8 Å². The number of methoxy groups -OCH3 is 1.